The molecule has 2 heterocycles. The van der Waals surface area contributed by atoms with Crippen LogP contribution in [-0.2, 0) is 6.54 Å². The van der Waals surface area contributed by atoms with E-state index in [-0.39, 0.29) is 0 Å². The largest absolute Gasteiger partial charge is 0.477 e. The predicted molar refractivity (Wildman–Crippen MR) is 66.8 cm³/mol. The van der Waals surface area contributed by atoms with Crippen LogP contribution in [0, 0.1) is 20.8 Å². The Morgan fingerprint density at radius 2 is 2.18 bits per heavy atom. The molecule has 2 aromatic heterocycles. The molecule has 0 aliphatic carbocycles. The summed E-state index contributed by atoms with van der Waals surface area (Å²) in [5.41, 5.74) is 3.18. The minimum Gasteiger partial charge on any atom is -0.477 e. The number of thiophene rings is 1. The molecule has 4 nitrogen and oxygen atoms in total. The standard InChI is InChI=1S/C12H14N2O2S/c1-7-8(2)14(6-13-7)5-10-4-11(12(15)16)17-9(10)3/h4,6H,5H2,1-3H3,(H,15,16). The topological polar surface area (TPSA) is 55.1 Å². The molecule has 0 radical (unpaired) electrons. The maximum atomic E-state index is 10.9. The number of aryl methyl sites for hydroxylation is 2. The molecule has 0 aliphatic rings. The number of nitrogens with zero attached hydrogens (tertiary/aromatic N) is 2. The number of aromatic nitrogens is 2. The smallest absolute Gasteiger partial charge is 0.345 e. The van der Waals surface area contributed by atoms with E-state index in [1.165, 1.54) is 11.3 Å². The Hall–Kier alpha value is -1.62. The van der Waals surface area contributed by atoms with Crippen molar-refractivity contribution < 1.29 is 9.90 Å². The predicted octanol–water partition coefficient (Wildman–Crippen LogP) is 2.62. The van der Waals surface area contributed by atoms with Gasteiger partial charge in [0.15, 0.2) is 0 Å². The maximum absolute atomic E-state index is 10.9. The van der Waals surface area contributed by atoms with E-state index >= 15 is 0 Å². The van der Waals surface area contributed by atoms with E-state index in [4.69, 9.17) is 5.11 Å². The molecule has 0 saturated carbocycles. The van der Waals surface area contributed by atoms with Gasteiger partial charge in [0.2, 0.25) is 0 Å². The summed E-state index contributed by atoms with van der Waals surface area (Å²) in [7, 11) is 0. The molecule has 0 aromatic carbocycles. The van der Waals surface area contributed by atoms with Crippen LogP contribution in [0.5, 0.6) is 0 Å². The molecule has 5 heteroatoms. The van der Waals surface area contributed by atoms with Gasteiger partial charge >= 0.3 is 5.97 Å². The van der Waals surface area contributed by atoms with Crippen molar-refractivity contribution in [3.63, 3.8) is 0 Å². The molecule has 0 amide bonds. The first kappa shape index (κ1) is 11.9. The van der Waals surface area contributed by atoms with Gasteiger partial charge < -0.3 is 9.67 Å². The Labute approximate surface area is 104 Å². The van der Waals surface area contributed by atoms with Crippen LogP contribution < -0.4 is 0 Å². The van der Waals surface area contributed by atoms with Gasteiger partial charge in [0, 0.05) is 17.1 Å². The average molecular weight is 250 g/mol. The number of carbonyl (C=O) groups is 1. The molecule has 90 valence electrons. The molecule has 2 rings (SSSR count). The summed E-state index contributed by atoms with van der Waals surface area (Å²) in [6.45, 7) is 6.62. The number of rotatable bonds is 3. The van der Waals surface area contributed by atoms with Crippen molar-refractivity contribution in [3.05, 3.63) is 39.1 Å². The van der Waals surface area contributed by atoms with Crippen LogP contribution in [0.1, 0.15) is 31.5 Å². The number of aromatic carboxylic acids is 1. The third-order valence-electron chi connectivity index (χ3n) is 2.92. The Balaban J connectivity index is 2.30. The van der Waals surface area contributed by atoms with E-state index in [2.05, 4.69) is 4.98 Å². The van der Waals surface area contributed by atoms with Gasteiger partial charge in [-0.15, -0.1) is 11.3 Å². The van der Waals surface area contributed by atoms with Crippen molar-refractivity contribution in [1.29, 1.82) is 0 Å². The summed E-state index contributed by atoms with van der Waals surface area (Å²) in [5, 5.41) is 8.94. The lowest BCUT2D eigenvalue weighted by Crippen LogP contribution is -2.00. The molecule has 0 aliphatic heterocycles. The normalized spacial score (nSPS) is 10.8. The van der Waals surface area contributed by atoms with Gasteiger partial charge in [0.1, 0.15) is 4.88 Å². The molecule has 1 N–H and O–H groups in total. The van der Waals surface area contributed by atoms with E-state index in [1.54, 1.807) is 12.4 Å². The molecule has 0 unspecified atom stereocenters. The summed E-state index contributed by atoms with van der Waals surface area (Å²) in [4.78, 5) is 16.6. The third kappa shape index (κ3) is 2.24. The van der Waals surface area contributed by atoms with Crippen molar-refractivity contribution in [2.45, 2.75) is 27.3 Å². The maximum Gasteiger partial charge on any atom is 0.345 e. The van der Waals surface area contributed by atoms with Crippen molar-refractivity contribution in [2.24, 2.45) is 0 Å². The molecule has 0 spiro atoms. The lowest BCUT2D eigenvalue weighted by molar-refractivity contribution is 0.0702. The van der Waals surface area contributed by atoms with Gasteiger partial charge in [0.25, 0.3) is 0 Å². The van der Waals surface area contributed by atoms with Crippen molar-refractivity contribution >= 4 is 17.3 Å². The molecule has 2 aromatic rings. The Morgan fingerprint density at radius 1 is 1.47 bits per heavy atom. The van der Waals surface area contributed by atoms with E-state index in [1.807, 2.05) is 25.3 Å². The highest BCUT2D eigenvalue weighted by atomic mass is 32.1. The van der Waals surface area contributed by atoms with E-state index in [0.717, 1.165) is 21.8 Å². The van der Waals surface area contributed by atoms with Crippen LogP contribution in [0.25, 0.3) is 0 Å². The van der Waals surface area contributed by atoms with Gasteiger partial charge in [-0.2, -0.15) is 0 Å². The molecule has 0 fully saturated rings. The number of carboxylic acids is 1. The summed E-state index contributed by atoms with van der Waals surface area (Å²) in [6.07, 6.45) is 1.79. The zero-order valence-electron chi connectivity index (χ0n) is 10.0. The summed E-state index contributed by atoms with van der Waals surface area (Å²) < 4.78 is 2.04. The lowest BCUT2D eigenvalue weighted by Gasteiger charge is -2.04. The molecule has 0 bridgehead atoms. The van der Waals surface area contributed by atoms with Gasteiger partial charge in [-0.05, 0) is 32.4 Å². The molecular weight excluding hydrogens is 236 g/mol. The average Bonchev–Trinajstić information content (AvgIpc) is 2.77. The third-order valence-corrected chi connectivity index (χ3v) is 4.00. The highest BCUT2D eigenvalue weighted by Crippen LogP contribution is 2.23. The van der Waals surface area contributed by atoms with E-state index < -0.39 is 5.97 Å². The van der Waals surface area contributed by atoms with Crippen LogP contribution >= 0.6 is 11.3 Å². The first-order chi connectivity index (χ1) is 7.99. The second kappa shape index (κ2) is 4.33. The van der Waals surface area contributed by atoms with E-state index in [0.29, 0.717) is 11.4 Å². The van der Waals surface area contributed by atoms with Crippen molar-refractivity contribution in [3.8, 4) is 0 Å². The van der Waals surface area contributed by atoms with Crippen LogP contribution in [0.2, 0.25) is 0 Å². The van der Waals surface area contributed by atoms with Crippen LogP contribution in [-0.4, -0.2) is 20.6 Å². The van der Waals surface area contributed by atoms with Crippen LogP contribution in [0.15, 0.2) is 12.4 Å². The quantitative estimate of drug-likeness (QED) is 0.911. The van der Waals surface area contributed by atoms with Crippen LogP contribution in [0.3, 0.4) is 0 Å². The summed E-state index contributed by atoms with van der Waals surface area (Å²) in [5.74, 6) is -0.858. The first-order valence-electron chi connectivity index (χ1n) is 5.30. The minimum atomic E-state index is -0.858. The number of carboxylic acid groups (broad SMARTS) is 1. The Morgan fingerprint density at radius 3 is 2.65 bits per heavy atom. The summed E-state index contributed by atoms with van der Waals surface area (Å²) in [6, 6.07) is 1.75. The Bertz CT molecular complexity index is 569. The van der Waals surface area contributed by atoms with Crippen LogP contribution in [0.4, 0.5) is 0 Å². The fourth-order valence-electron chi connectivity index (χ4n) is 1.67. The first-order valence-corrected chi connectivity index (χ1v) is 6.11. The Kier molecular flexibility index (Phi) is 3.02. The molecular formula is C12H14N2O2S. The monoisotopic (exact) mass is 250 g/mol. The molecule has 0 saturated heterocycles. The fourth-order valence-corrected chi connectivity index (χ4v) is 2.54. The van der Waals surface area contributed by atoms with Gasteiger partial charge in [-0.3, -0.25) is 0 Å². The van der Waals surface area contributed by atoms with Crippen molar-refractivity contribution in [2.75, 3.05) is 0 Å². The van der Waals surface area contributed by atoms with Gasteiger partial charge in [-0.1, -0.05) is 0 Å². The second-order valence-electron chi connectivity index (χ2n) is 4.04. The number of imidazole rings is 1. The number of hydrogen-bond acceptors (Lipinski definition) is 3. The highest BCUT2D eigenvalue weighted by Gasteiger charge is 2.12. The van der Waals surface area contributed by atoms with Gasteiger partial charge in [0.05, 0.1) is 12.0 Å². The molecule has 0 atom stereocenters. The number of hydrogen-bond donors (Lipinski definition) is 1. The van der Waals surface area contributed by atoms with Gasteiger partial charge in [-0.25, -0.2) is 9.78 Å². The lowest BCUT2D eigenvalue weighted by atomic mass is 10.2. The SMILES string of the molecule is Cc1ncn(Cc2cc(C(=O)O)sc2C)c1C. The van der Waals surface area contributed by atoms with E-state index in [9.17, 15) is 4.79 Å². The zero-order valence-corrected chi connectivity index (χ0v) is 10.8. The summed E-state index contributed by atoms with van der Waals surface area (Å²) >= 11 is 1.32. The minimum absolute atomic E-state index is 0.395. The van der Waals surface area contributed by atoms with Crippen molar-refractivity contribution in [1.82, 2.24) is 9.55 Å². The zero-order chi connectivity index (χ0) is 12.6. The highest BCUT2D eigenvalue weighted by molar-refractivity contribution is 7.14. The molecule has 17 heavy (non-hydrogen) atoms. The fraction of sp³-hybridized carbons (Fsp3) is 0.333. The second-order valence-corrected chi connectivity index (χ2v) is 5.30.